The third-order valence-electron chi connectivity index (χ3n) is 2.54. The molecule has 1 aromatic heterocycles. The molecular formula is C13H13ClN2O3. The van der Waals surface area contributed by atoms with Gasteiger partial charge in [0, 0.05) is 17.6 Å². The van der Waals surface area contributed by atoms with E-state index in [0.29, 0.717) is 15.9 Å². The van der Waals surface area contributed by atoms with Gasteiger partial charge in [-0.15, -0.1) is 0 Å². The molecule has 6 heteroatoms. The number of benzene rings is 1. The number of nitrogens with two attached hydrogens (primary N) is 1. The lowest BCUT2D eigenvalue weighted by Gasteiger charge is -2.12. The van der Waals surface area contributed by atoms with Crippen molar-refractivity contribution in [3.05, 3.63) is 35.0 Å². The molecule has 0 spiro atoms. The minimum atomic E-state index is -0.649. The van der Waals surface area contributed by atoms with Gasteiger partial charge in [0.25, 0.3) is 5.91 Å². The standard InChI is InChI=1S/C13H13ClN2O3/c1-7(17)6-19-12-5-11-8(4-9(12)13(15)18)10(14)2-3-16-11/h2-5,7,17H,6H2,1H3,(H2,15,18). The fourth-order valence-corrected chi connectivity index (χ4v) is 1.87. The number of halogens is 1. The molecule has 1 atom stereocenters. The Kier molecular flexibility index (Phi) is 3.87. The van der Waals surface area contributed by atoms with Crippen molar-refractivity contribution in [3.8, 4) is 5.75 Å². The first-order valence-electron chi connectivity index (χ1n) is 5.68. The highest BCUT2D eigenvalue weighted by Crippen LogP contribution is 2.29. The van der Waals surface area contributed by atoms with Gasteiger partial charge in [-0.1, -0.05) is 11.6 Å². The second-order valence-corrected chi connectivity index (χ2v) is 4.59. The Morgan fingerprint density at radius 3 is 2.95 bits per heavy atom. The third-order valence-corrected chi connectivity index (χ3v) is 2.86. The highest BCUT2D eigenvalue weighted by atomic mass is 35.5. The van der Waals surface area contributed by atoms with Gasteiger partial charge >= 0.3 is 0 Å². The van der Waals surface area contributed by atoms with Crippen LogP contribution in [0.15, 0.2) is 24.4 Å². The van der Waals surface area contributed by atoms with Crippen LogP contribution in [-0.4, -0.2) is 28.7 Å². The number of primary amides is 1. The lowest BCUT2D eigenvalue weighted by Crippen LogP contribution is -2.17. The fraction of sp³-hybridized carbons (Fsp3) is 0.231. The third kappa shape index (κ3) is 2.94. The van der Waals surface area contributed by atoms with Crippen LogP contribution in [0.1, 0.15) is 17.3 Å². The molecule has 0 saturated heterocycles. The van der Waals surface area contributed by atoms with E-state index in [1.54, 1.807) is 31.3 Å². The maximum Gasteiger partial charge on any atom is 0.252 e. The van der Waals surface area contributed by atoms with E-state index in [2.05, 4.69) is 4.98 Å². The van der Waals surface area contributed by atoms with Crippen molar-refractivity contribution in [2.75, 3.05) is 6.61 Å². The highest BCUT2D eigenvalue weighted by molar-refractivity contribution is 6.35. The van der Waals surface area contributed by atoms with Crippen molar-refractivity contribution in [3.63, 3.8) is 0 Å². The number of pyridine rings is 1. The summed E-state index contributed by atoms with van der Waals surface area (Å²) in [5, 5.41) is 10.3. The Morgan fingerprint density at radius 1 is 1.58 bits per heavy atom. The second kappa shape index (κ2) is 5.42. The van der Waals surface area contributed by atoms with Crippen LogP contribution < -0.4 is 10.5 Å². The molecule has 1 heterocycles. The molecule has 0 radical (unpaired) electrons. The summed E-state index contributed by atoms with van der Waals surface area (Å²) < 4.78 is 5.37. The van der Waals surface area contributed by atoms with Crippen molar-refractivity contribution in [1.29, 1.82) is 0 Å². The molecular weight excluding hydrogens is 268 g/mol. The number of hydrogen-bond acceptors (Lipinski definition) is 4. The Bertz CT molecular complexity index is 629. The van der Waals surface area contributed by atoms with Crippen molar-refractivity contribution in [2.45, 2.75) is 13.0 Å². The molecule has 1 unspecified atom stereocenters. The predicted octanol–water partition coefficient (Wildman–Crippen LogP) is 1.75. The number of nitrogens with zero attached hydrogens (tertiary/aromatic N) is 1. The molecule has 2 aromatic rings. The Morgan fingerprint density at radius 2 is 2.32 bits per heavy atom. The topological polar surface area (TPSA) is 85.4 Å². The van der Waals surface area contributed by atoms with Crippen LogP contribution in [0.4, 0.5) is 0 Å². The maximum atomic E-state index is 11.4. The Labute approximate surface area is 115 Å². The fourth-order valence-electron chi connectivity index (χ4n) is 1.66. The van der Waals surface area contributed by atoms with E-state index in [-0.39, 0.29) is 17.9 Å². The monoisotopic (exact) mass is 280 g/mol. The van der Waals surface area contributed by atoms with Gasteiger partial charge in [-0.25, -0.2) is 0 Å². The first-order chi connectivity index (χ1) is 8.99. The minimum Gasteiger partial charge on any atom is -0.490 e. The van der Waals surface area contributed by atoms with Gasteiger partial charge < -0.3 is 15.6 Å². The van der Waals surface area contributed by atoms with Gasteiger partial charge in [0.1, 0.15) is 12.4 Å². The summed E-state index contributed by atoms with van der Waals surface area (Å²) in [5.74, 6) is -0.335. The van der Waals surface area contributed by atoms with Crippen molar-refractivity contribution in [1.82, 2.24) is 4.98 Å². The number of amides is 1. The molecule has 1 aromatic carbocycles. The van der Waals surface area contributed by atoms with Gasteiger partial charge in [-0.2, -0.15) is 0 Å². The molecule has 1 amide bonds. The van der Waals surface area contributed by atoms with E-state index < -0.39 is 12.0 Å². The lowest BCUT2D eigenvalue weighted by atomic mass is 10.1. The molecule has 0 bridgehead atoms. The maximum absolute atomic E-state index is 11.4. The van der Waals surface area contributed by atoms with Crippen molar-refractivity contribution < 1.29 is 14.6 Å². The number of ether oxygens (including phenoxy) is 1. The molecule has 0 saturated carbocycles. The van der Waals surface area contributed by atoms with Gasteiger partial charge in [0.05, 0.1) is 22.2 Å². The summed E-state index contributed by atoms with van der Waals surface area (Å²) >= 11 is 6.04. The zero-order valence-electron chi connectivity index (χ0n) is 10.3. The van der Waals surface area contributed by atoms with Gasteiger partial charge in [-0.3, -0.25) is 9.78 Å². The van der Waals surface area contributed by atoms with E-state index in [1.165, 1.54) is 0 Å². The molecule has 3 N–H and O–H groups in total. The van der Waals surface area contributed by atoms with Gasteiger partial charge in [0.2, 0.25) is 0 Å². The number of aliphatic hydroxyl groups excluding tert-OH is 1. The number of aromatic nitrogens is 1. The van der Waals surface area contributed by atoms with E-state index in [9.17, 15) is 9.90 Å². The zero-order valence-corrected chi connectivity index (χ0v) is 11.0. The van der Waals surface area contributed by atoms with Crippen LogP contribution in [0.5, 0.6) is 5.75 Å². The molecule has 5 nitrogen and oxygen atoms in total. The number of carbonyl (C=O) groups excluding carboxylic acids is 1. The minimum absolute atomic E-state index is 0.0619. The van der Waals surface area contributed by atoms with Gasteiger partial charge in [0.15, 0.2) is 0 Å². The van der Waals surface area contributed by atoms with Crippen LogP contribution in [-0.2, 0) is 0 Å². The van der Waals surface area contributed by atoms with E-state index >= 15 is 0 Å². The number of fused-ring (bicyclic) bond motifs is 1. The summed E-state index contributed by atoms with van der Waals surface area (Å²) in [4.78, 5) is 15.6. The zero-order chi connectivity index (χ0) is 14.0. The summed E-state index contributed by atoms with van der Waals surface area (Å²) in [7, 11) is 0. The van der Waals surface area contributed by atoms with Crippen LogP contribution in [0.3, 0.4) is 0 Å². The summed E-state index contributed by atoms with van der Waals surface area (Å²) in [5.41, 5.74) is 6.12. The smallest absolute Gasteiger partial charge is 0.252 e. The number of carbonyl (C=O) groups is 1. The molecule has 0 fully saturated rings. The predicted molar refractivity (Wildman–Crippen MR) is 72.4 cm³/mol. The molecule has 0 aliphatic carbocycles. The molecule has 19 heavy (non-hydrogen) atoms. The molecule has 0 aliphatic rings. The Balaban J connectivity index is 2.54. The van der Waals surface area contributed by atoms with Crippen LogP contribution in [0.2, 0.25) is 5.02 Å². The first kappa shape index (κ1) is 13.6. The van der Waals surface area contributed by atoms with E-state index in [1.807, 2.05) is 0 Å². The lowest BCUT2D eigenvalue weighted by molar-refractivity contribution is 0.0983. The normalized spacial score (nSPS) is 12.4. The average molecular weight is 281 g/mol. The molecule has 2 rings (SSSR count). The Hall–Kier alpha value is -1.85. The van der Waals surface area contributed by atoms with Crippen molar-refractivity contribution in [2.24, 2.45) is 5.73 Å². The highest BCUT2D eigenvalue weighted by Gasteiger charge is 2.14. The summed E-state index contributed by atoms with van der Waals surface area (Å²) in [6.45, 7) is 1.65. The van der Waals surface area contributed by atoms with Crippen LogP contribution in [0, 0.1) is 0 Å². The van der Waals surface area contributed by atoms with E-state index in [0.717, 1.165) is 0 Å². The number of aliphatic hydroxyl groups is 1. The number of hydrogen-bond donors (Lipinski definition) is 2. The summed E-state index contributed by atoms with van der Waals surface area (Å²) in [6, 6.07) is 4.76. The second-order valence-electron chi connectivity index (χ2n) is 4.18. The molecule has 0 aliphatic heterocycles. The van der Waals surface area contributed by atoms with Crippen LogP contribution in [0.25, 0.3) is 10.9 Å². The average Bonchev–Trinajstić information content (AvgIpc) is 2.35. The summed E-state index contributed by atoms with van der Waals surface area (Å²) in [6.07, 6.45) is 0.913. The SMILES string of the molecule is CC(O)COc1cc2nccc(Cl)c2cc1C(N)=O. The van der Waals surface area contributed by atoms with Crippen LogP contribution >= 0.6 is 11.6 Å². The quantitative estimate of drug-likeness (QED) is 0.893. The number of rotatable bonds is 4. The molecule has 100 valence electrons. The first-order valence-corrected chi connectivity index (χ1v) is 6.05. The van der Waals surface area contributed by atoms with E-state index in [4.69, 9.17) is 22.1 Å². The van der Waals surface area contributed by atoms with Crippen molar-refractivity contribution >= 4 is 28.4 Å². The van der Waals surface area contributed by atoms with Gasteiger partial charge in [-0.05, 0) is 19.1 Å². The largest absolute Gasteiger partial charge is 0.490 e.